The maximum atomic E-state index is 5.73. The van der Waals surface area contributed by atoms with Gasteiger partial charge < -0.3 is 4.74 Å². The first-order chi connectivity index (χ1) is 8.28. The average Bonchev–Trinajstić information content (AvgIpc) is 2.66. The Kier molecular flexibility index (Phi) is 2.72. The van der Waals surface area contributed by atoms with Crippen molar-refractivity contribution in [3.8, 4) is 17.0 Å². The molecule has 1 aromatic heterocycles. The standard InChI is InChI=1S/C12H9BrN2OS/c1-14-12-15-11-8-3-2-7(13)6-9(8)16-5-4-10(11)17-12/h2-3,6H,1,4-5H2. The van der Waals surface area contributed by atoms with Gasteiger partial charge in [0.15, 0.2) is 0 Å². The smallest absolute Gasteiger partial charge is 0.209 e. The molecule has 5 heteroatoms. The third kappa shape index (κ3) is 1.89. The zero-order valence-corrected chi connectivity index (χ0v) is 11.3. The molecule has 0 spiro atoms. The highest BCUT2D eigenvalue weighted by atomic mass is 79.9. The Balaban J connectivity index is 2.22. The zero-order chi connectivity index (χ0) is 11.8. The highest BCUT2D eigenvalue weighted by molar-refractivity contribution is 9.10. The summed E-state index contributed by atoms with van der Waals surface area (Å²) in [6, 6.07) is 6.00. The SMILES string of the molecule is C=Nc1nc2c(s1)CCOc1cc(Br)ccc1-2. The van der Waals surface area contributed by atoms with Crippen molar-refractivity contribution in [3.05, 3.63) is 27.5 Å². The predicted octanol–water partition coefficient (Wildman–Crippen LogP) is 3.84. The van der Waals surface area contributed by atoms with E-state index in [1.54, 1.807) is 11.3 Å². The molecule has 86 valence electrons. The minimum atomic E-state index is 0.676. The van der Waals surface area contributed by atoms with Crippen molar-refractivity contribution in [3.63, 3.8) is 0 Å². The van der Waals surface area contributed by atoms with Gasteiger partial charge in [0.2, 0.25) is 5.13 Å². The number of halogens is 1. The molecule has 0 radical (unpaired) electrons. The summed E-state index contributed by atoms with van der Waals surface area (Å²) in [5.41, 5.74) is 2.02. The van der Waals surface area contributed by atoms with E-state index in [1.807, 2.05) is 18.2 Å². The van der Waals surface area contributed by atoms with Crippen molar-refractivity contribution >= 4 is 39.1 Å². The summed E-state index contributed by atoms with van der Waals surface area (Å²) in [7, 11) is 0. The summed E-state index contributed by atoms with van der Waals surface area (Å²) in [4.78, 5) is 9.61. The van der Waals surface area contributed by atoms with Crippen molar-refractivity contribution in [1.29, 1.82) is 0 Å². The molecule has 2 heterocycles. The minimum absolute atomic E-state index is 0.676. The van der Waals surface area contributed by atoms with Gasteiger partial charge in [0.1, 0.15) is 5.75 Å². The summed E-state index contributed by atoms with van der Waals surface area (Å²) >= 11 is 5.03. The fourth-order valence-electron chi connectivity index (χ4n) is 1.85. The van der Waals surface area contributed by atoms with Crippen LogP contribution >= 0.6 is 27.3 Å². The van der Waals surface area contributed by atoms with Gasteiger partial charge in [-0.25, -0.2) is 9.98 Å². The lowest BCUT2D eigenvalue weighted by Crippen LogP contribution is -1.97. The van der Waals surface area contributed by atoms with Crippen molar-refractivity contribution < 1.29 is 4.74 Å². The number of thiazole rings is 1. The molecular weight excluding hydrogens is 300 g/mol. The molecule has 1 aliphatic rings. The van der Waals surface area contributed by atoms with E-state index < -0.39 is 0 Å². The van der Waals surface area contributed by atoms with Gasteiger partial charge in [-0.05, 0) is 24.9 Å². The number of hydrogen-bond acceptors (Lipinski definition) is 4. The van der Waals surface area contributed by atoms with Gasteiger partial charge in [0.25, 0.3) is 0 Å². The largest absolute Gasteiger partial charge is 0.492 e. The van der Waals surface area contributed by atoms with E-state index in [0.717, 1.165) is 33.0 Å². The fourth-order valence-corrected chi connectivity index (χ4v) is 3.05. The van der Waals surface area contributed by atoms with Gasteiger partial charge >= 0.3 is 0 Å². The lowest BCUT2D eigenvalue weighted by Gasteiger charge is -2.06. The van der Waals surface area contributed by atoms with Crippen LogP contribution in [0.5, 0.6) is 5.75 Å². The Bertz CT molecular complexity index is 594. The molecule has 0 atom stereocenters. The summed E-state index contributed by atoms with van der Waals surface area (Å²) in [6.45, 7) is 4.20. The highest BCUT2D eigenvalue weighted by Crippen LogP contribution is 2.40. The van der Waals surface area contributed by atoms with Crippen LogP contribution in [0.4, 0.5) is 5.13 Å². The molecule has 1 aromatic carbocycles. The molecular formula is C12H9BrN2OS. The number of fused-ring (bicyclic) bond motifs is 3. The topological polar surface area (TPSA) is 34.5 Å². The first-order valence-electron chi connectivity index (χ1n) is 5.17. The van der Waals surface area contributed by atoms with Crippen LogP contribution in [-0.4, -0.2) is 18.3 Å². The molecule has 0 aliphatic carbocycles. The van der Waals surface area contributed by atoms with Crippen LogP contribution in [0.2, 0.25) is 0 Å². The van der Waals surface area contributed by atoms with E-state index in [9.17, 15) is 0 Å². The zero-order valence-electron chi connectivity index (χ0n) is 8.94. The third-order valence-corrected chi connectivity index (χ3v) is 4.15. The average molecular weight is 309 g/mol. The number of aliphatic imine (C=N–C) groups is 1. The second-order valence-corrected chi connectivity index (χ2v) is 5.64. The Morgan fingerprint density at radius 1 is 1.47 bits per heavy atom. The van der Waals surface area contributed by atoms with E-state index in [4.69, 9.17) is 4.74 Å². The van der Waals surface area contributed by atoms with Crippen molar-refractivity contribution in [1.82, 2.24) is 4.98 Å². The van der Waals surface area contributed by atoms with Crippen LogP contribution in [0, 0.1) is 0 Å². The van der Waals surface area contributed by atoms with Crippen LogP contribution in [0.15, 0.2) is 27.7 Å². The van der Waals surface area contributed by atoms with Gasteiger partial charge in [0, 0.05) is 21.3 Å². The fraction of sp³-hybridized carbons (Fsp3) is 0.167. The van der Waals surface area contributed by atoms with E-state index in [2.05, 4.69) is 32.6 Å². The molecule has 0 fully saturated rings. The maximum Gasteiger partial charge on any atom is 0.209 e. The predicted molar refractivity (Wildman–Crippen MR) is 73.7 cm³/mol. The monoisotopic (exact) mass is 308 g/mol. The third-order valence-electron chi connectivity index (χ3n) is 2.61. The van der Waals surface area contributed by atoms with E-state index in [-0.39, 0.29) is 0 Å². The number of aromatic nitrogens is 1. The summed E-state index contributed by atoms with van der Waals surface area (Å²) in [6.07, 6.45) is 0.870. The minimum Gasteiger partial charge on any atom is -0.492 e. The van der Waals surface area contributed by atoms with Gasteiger partial charge in [-0.15, -0.1) is 0 Å². The second kappa shape index (κ2) is 4.23. The molecule has 1 aliphatic heterocycles. The Hall–Kier alpha value is -1.20. The molecule has 0 saturated carbocycles. The quantitative estimate of drug-likeness (QED) is 0.750. The van der Waals surface area contributed by atoms with Crippen LogP contribution in [0.25, 0.3) is 11.3 Å². The van der Waals surface area contributed by atoms with Gasteiger partial charge in [0.05, 0.1) is 12.3 Å². The van der Waals surface area contributed by atoms with Gasteiger partial charge in [-0.3, -0.25) is 0 Å². The molecule has 0 bridgehead atoms. The maximum absolute atomic E-state index is 5.73. The normalized spacial score (nSPS) is 13.2. The Morgan fingerprint density at radius 3 is 3.18 bits per heavy atom. The molecule has 0 saturated heterocycles. The number of rotatable bonds is 1. The Morgan fingerprint density at radius 2 is 2.35 bits per heavy atom. The summed E-state index contributed by atoms with van der Waals surface area (Å²) in [5, 5.41) is 0.728. The molecule has 2 aromatic rings. The van der Waals surface area contributed by atoms with Gasteiger partial charge in [-0.2, -0.15) is 0 Å². The first-order valence-corrected chi connectivity index (χ1v) is 6.78. The molecule has 3 rings (SSSR count). The number of ether oxygens (including phenoxy) is 1. The van der Waals surface area contributed by atoms with Crippen LogP contribution in [0.3, 0.4) is 0 Å². The number of nitrogens with zero attached hydrogens (tertiary/aromatic N) is 2. The molecule has 3 nitrogen and oxygen atoms in total. The van der Waals surface area contributed by atoms with E-state index in [1.165, 1.54) is 4.88 Å². The van der Waals surface area contributed by atoms with Crippen molar-refractivity contribution in [2.45, 2.75) is 6.42 Å². The Labute approximate surface area is 111 Å². The summed E-state index contributed by atoms with van der Waals surface area (Å²) < 4.78 is 6.75. The lowest BCUT2D eigenvalue weighted by atomic mass is 10.1. The van der Waals surface area contributed by atoms with Gasteiger partial charge in [-0.1, -0.05) is 27.3 Å². The van der Waals surface area contributed by atoms with Crippen LogP contribution in [0.1, 0.15) is 4.88 Å². The lowest BCUT2D eigenvalue weighted by molar-refractivity contribution is 0.327. The first kappa shape index (κ1) is 10.9. The van der Waals surface area contributed by atoms with Crippen LogP contribution < -0.4 is 4.74 Å². The second-order valence-electron chi connectivity index (χ2n) is 3.67. The summed E-state index contributed by atoms with van der Waals surface area (Å²) in [5.74, 6) is 0.874. The molecule has 0 N–H and O–H groups in total. The number of benzene rings is 1. The van der Waals surface area contributed by atoms with Crippen LogP contribution in [-0.2, 0) is 6.42 Å². The highest BCUT2D eigenvalue weighted by Gasteiger charge is 2.20. The number of hydrogen-bond donors (Lipinski definition) is 0. The van der Waals surface area contributed by atoms with Crippen molar-refractivity contribution in [2.24, 2.45) is 4.99 Å². The molecule has 17 heavy (non-hydrogen) atoms. The van der Waals surface area contributed by atoms with E-state index in [0.29, 0.717) is 6.61 Å². The van der Waals surface area contributed by atoms with E-state index >= 15 is 0 Å². The molecule has 0 unspecified atom stereocenters. The molecule has 0 amide bonds. The van der Waals surface area contributed by atoms with Crippen molar-refractivity contribution in [2.75, 3.05) is 6.61 Å².